The van der Waals surface area contributed by atoms with Crippen LogP contribution < -0.4 is 5.73 Å². The molecule has 2 aromatic carbocycles. The molecule has 3 atom stereocenters. The van der Waals surface area contributed by atoms with E-state index in [9.17, 15) is 13.5 Å². The molecule has 0 aliphatic heterocycles. The Morgan fingerprint density at radius 3 is 2.30 bits per heavy atom. The molecular weight excluding hydrogens is 357 g/mol. The third-order valence-electron chi connectivity index (χ3n) is 4.26. The van der Waals surface area contributed by atoms with Crippen LogP contribution in [-0.2, 0) is 9.84 Å². The van der Waals surface area contributed by atoms with Crippen LogP contribution in [0.2, 0.25) is 10.0 Å². The summed E-state index contributed by atoms with van der Waals surface area (Å²) in [6.45, 7) is -0.429. The zero-order chi connectivity index (χ0) is 16.8. The van der Waals surface area contributed by atoms with Gasteiger partial charge in [-0.1, -0.05) is 35.3 Å². The summed E-state index contributed by atoms with van der Waals surface area (Å²) in [5.74, 6) is -0.508. The van der Waals surface area contributed by atoms with Crippen molar-refractivity contribution in [2.75, 3.05) is 6.61 Å². The van der Waals surface area contributed by atoms with Crippen molar-refractivity contribution >= 4 is 33.0 Å². The molecular formula is C16H15Cl2NO3S. The highest BCUT2D eigenvalue weighted by molar-refractivity contribution is 7.92. The van der Waals surface area contributed by atoms with E-state index >= 15 is 0 Å². The molecule has 0 radical (unpaired) electrons. The van der Waals surface area contributed by atoms with Gasteiger partial charge in [-0.2, -0.15) is 0 Å². The molecule has 0 bridgehead atoms. The van der Waals surface area contributed by atoms with Gasteiger partial charge >= 0.3 is 0 Å². The predicted molar refractivity (Wildman–Crippen MR) is 90.6 cm³/mol. The van der Waals surface area contributed by atoms with Gasteiger partial charge in [0.05, 0.1) is 22.3 Å². The minimum Gasteiger partial charge on any atom is -0.394 e. The highest BCUT2D eigenvalue weighted by Gasteiger charge is 2.69. The Balaban J connectivity index is 2.03. The van der Waals surface area contributed by atoms with Crippen LogP contribution in [0.25, 0.3) is 0 Å². The fraction of sp³-hybridized carbons (Fsp3) is 0.250. The average molecular weight is 372 g/mol. The first-order valence-electron chi connectivity index (χ1n) is 6.95. The molecule has 0 unspecified atom stereocenters. The maximum atomic E-state index is 12.9. The molecule has 1 fully saturated rings. The molecule has 0 spiro atoms. The highest BCUT2D eigenvalue weighted by atomic mass is 35.5. The highest BCUT2D eigenvalue weighted by Crippen LogP contribution is 2.55. The molecule has 3 rings (SSSR count). The third kappa shape index (κ3) is 2.77. The number of halogens is 2. The lowest BCUT2D eigenvalue weighted by Crippen LogP contribution is -2.35. The SMILES string of the molecule is N[C@]1(CO)[C@@H](c2cccc(Cl)c2)[C@@H]1S(=O)(=O)c1ccc(Cl)cc1. The number of nitrogens with two attached hydrogens (primary N) is 1. The van der Waals surface area contributed by atoms with Crippen molar-refractivity contribution < 1.29 is 13.5 Å². The van der Waals surface area contributed by atoms with Crippen molar-refractivity contribution in [1.82, 2.24) is 0 Å². The van der Waals surface area contributed by atoms with Crippen molar-refractivity contribution in [1.29, 1.82) is 0 Å². The minimum atomic E-state index is -3.70. The van der Waals surface area contributed by atoms with Gasteiger partial charge in [-0.05, 0) is 42.0 Å². The van der Waals surface area contributed by atoms with E-state index in [-0.39, 0.29) is 4.90 Å². The van der Waals surface area contributed by atoms with Crippen LogP contribution in [0.5, 0.6) is 0 Å². The second-order valence-electron chi connectivity index (χ2n) is 5.72. The lowest BCUT2D eigenvalue weighted by Gasteiger charge is -2.08. The topological polar surface area (TPSA) is 80.4 Å². The normalized spacial score (nSPS) is 27.0. The van der Waals surface area contributed by atoms with E-state index in [4.69, 9.17) is 28.9 Å². The number of benzene rings is 2. The van der Waals surface area contributed by atoms with Crippen molar-refractivity contribution in [3.05, 3.63) is 64.1 Å². The Labute approximate surface area is 144 Å². The first-order chi connectivity index (χ1) is 10.8. The Kier molecular flexibility index (Phi) is 4.19. The zero-order valence-corrected chi connectivity index (χ0v) is 14.3. The smallest absolute Gasteiger partial charge is 0.183 e. The van der Waals surface area contributed by atoms with Gasteiger partial charge in [-0.15, -0.1) is 0 Å². The van der Waals surface area contributed by atoms with Crippen LogP contribution in [0.4, 0.5) is 0 Å². The second kappa shape index (κ2) is 5.76. The van der Waals surface area contributed by atoms with Crippen molar-refractivity contribution in [3.63, 3.8) is 0 Å². The van der Waals surface area contributed by atoms with Crippen molar-refractivity contribution in [2.45, 2.75) is 21.6 Å². The van der Waals surface area contributed by atoms with Crippen LogP contribution in [0.15, 0.2) is 53.4 Å². The van der Waals surface area contributed by atoms with Gasteiger partial charge in [0.25, 0.3) is 0 Å². The standard InChI is InChI=1S/C16H15Cl2NO3S/c17-11-4-6-13(7-5-11)23(21,22)15-14(16(15,19)9-20)10-2-1-3-12(18)8-10/h1-8,14-15,20H,9,19H2/t14-,15-,16+/m0/s1. The van der Waals surface area contributed by atoms with Crippen molar-refractivity contribution in [2.24, 2.45) is 5.73 Å². The molecule has 2 aromatic rings. The van der Waals surface area contributed by atoms with Gasteiger partial charge in [0.15, 0.2) is 9.84 Å². The Bertz CT molecular complexity index is 839. The summed E-state index contributed by atoms with van der Waals surface area (Å²) < 4.78 is 25.8. The molecule has 23 heavy (non-hydrogen) atoms. The fourth-order valence-electron chi connectivity index (χ4n) is 3.04. The van der Waals surface area contributed by atoms with E-state index in [2.05, 4.69) is 0 Å². The lowest BCUT2D eigenvalue weighted by molar-refractivity contribution is 0.253. The molecule has 7 heteroatoms. The van der Waals surface area contributed by atoms with Gasteiger partial charge in [-0.3, -0.25) is 0 Å². The van der Waals surface area contributed by atoms with Crippen LogP contribution in [0.3, 0.4) is 0 Å². The molecule has 3 N–H and O–H groups in total. The fourth-order valence-corrected chi connectivity index (χ4v) is 5.66. The van der Waals surface area contributed by atoms with E-state index in [0.29, 0.717) is 15.6 Å². The first kappa shape index (κ1) is 16.7. The summed E-state index contributed by atoms with van der Waals surface area (Å²) in [5, 5.41) is 9.69. The number of aliphatic hydroxyl groups excluding tert-OH is 1. The molecule has 0 saturated heterocycles. The van der Waals surface area contributed by atoms with Gasteiger partial charge in [0.1, 0.15) is 0 Å². The van der Waals surface area contributed by atoms with Crippen LogP contribution >= 0.6 is 23.2 Å². The Hall–Kier alpha value is -1.11. The summed E-state index contributed by atoms with van der Waals surface area (Å²) in [6.07, 6.45) is 0. The number of hydrogen-bond donors (Lipinski definition) is 2. The number of rotatable bonds is 4. The van der Waals surface area contributed by atoms with Crippen LogP contribution in [0.1, 0.15) is 11.5 Å². The molecule has 1 aliphatic carbocycles. The van der Waals surface area contributed by atoms with E-state index in [0.717, 1.165) is 0 Å². The van der Waals surface area contributed by atoms with Gasteiger partial charge in [0, 0.05) is 16.0 Å². The van der Waals surface area contributed by atoms with E-state index in [1.165, 1.54) is 24.3 Å². The predicted octanol–water partition coefficient (Wildman–Crippen LogP) is 2.62. The molecule has 122 valence electrons. The summed E-state index contributed by atoms with van der Waals surface area (Å²) in [7, 11) is -3.70. The molecule has 1 aliphatic rings. The third-order valence-corrected chi connectivity index (χ3v) is 7.06. The quantitative estimate of drug-likeness (QED) is 0.865. The van der Waals surface area contributed by atoms with Gasteiger partial charge < -0.3 is 10.8 Å². The van der Waals surface area contributed by atoms with Gasteiger partial charge in [0.2, 0.25) is 0 Å². The van der Waals surface area contributed by atoms with Gasteiger partial charge in [-0.25, -0.2) is 8.42 Å². The molecule has 4 nitrogen and oxygen atoms in total. The summed E-state index contributed by atoms with van der Waals surface area (Å²) >= 11 is 11.8. The Morgan fingerprint density at radius 2 is 1.74 bits per heavy atom. The second-order valence-corrected chi connectivity index (χ2v) is 8.66. The van der Waals surface area contributed by atoms with E-state index < -0.39 is 33.2 Å². The molecule has 0 aromatic heterocycles. The molecule has 0 heterocycles. The minimum absolute atomic E-state index is 0.139. The largest absolute Gasteiger partial charge is 0.394 e. The monoisotopic (exact) mass is 371 g/mol. The summed E-state index contributed by atoms with van der Waals surface area (Å²) in [5.41, 5.74) is 5.66. The number of sulfone groups is 1. The van der Waals surface area contributed by atoms with Crippen LogP contribution in [0, 0.1) is 0 Å². The Morgan fingerprint density at radius 1 is 1.09 bits per heavy atom. The molecule has 0 amide bonds. The van der Waals surface area contributed by atoms with Crippen LogP contribution in [-0.4, -0.2) is 30.9 Å². The lowest BCUT2D eigenvalue weighted by atomic mass is 10.1. The maximum absolute atomic E-state index is 12.9. The van der Waals surface area contributed by atoms with Crippen molar-refractivity contribution in [3.8, 4) is 0 Å². The summed E-state index contributed by atoms with van der Waals surface area (Å²) in [6, 6.07) is 12.8. The van der Waals surface area contributed by atoms with E-state index in [1.54, 1.807) is 24.3 Å². The summed E-state index contributed by atoms with van der Waals surface area (Å²) in [4.78, 5) is 0.139. The first-order valence-corrected chi connectivity index (χ1v) is 9.25. The number of hydrogen-bond acceptors (Lipinski definition) is 4. The average Bonchev–Trinajstić information content (AvgIpc) is 3.15. The van der Waals surface area contributed by atoms with E-state index in [1.807, 2.05) is 0 Å². The zero-order valence-electron chi connectivity index (χ0n) is 12.0. The maximum Gasteiger partial charge on any atom is 0.183 e. The number of aliphatic hydroxyl groups is 1. The molecule has 1 saturated carbocycles.